The number of aromatic nitrogens is 3. The number of rotatable bonds is 4. The first kappa shape index (κ1) is 10.8. The van der Waals surface area contributed by atoms with E-state index in [2.05, 4.69) is 27.4 Å². The van der Waals surface area contributed by atoms with Crippen LogP contribution in [0.2, 0.25) is 0 Å². The normalized spacial score (nSPS) is 12.6. The second kappa shape index (κ2) is 4.90. The summed E-state index contributed by atoms with van der Waals surface area (Å²) in [6.07, 6.45) is 3.67. The lowest BCUT2D eigenvalue weighted by Crippen LogP contribution is -2.19. The van der Waals surface area contributed by atoms with Gasteiger partial charge >= 0.3 is 0 Å². The monoisotopic (exact) mass is 216 g/mol. The first-order chi connectivity index (χ1) is 7.77. The molecule has 2 rings (SSSR count). The molecule has 0 aliphatic carbocycles. The van der Waals surface area contributed by atoms with Crippen molar-refractivity contribution in [3.8, 4) is 0 Å². The van der Waals surface area contributed by atoms with Crippen LogP contribution in [0.3, 0.4) is 0 Å². The number of hydrogen-bond donors (Lipinski definition) is 2. The van der Waals surface area contributed by atoms with E-state index < -0.39 is 0 Å². The van der Waals surface area contributed by atoms with Crippen LogP contribution in [0, 0.1) is 6.92 Å². The zero-order valence-electron chi connectivity index (χ0n) is 9.57. The number of aromatic amines is 1. The molecule has 2 aromatic heterocycles. The number of hydrogen-bond acceptors (Lipinski definition) is 3. The van der Waals surface area contributed by atoms with Crippen molar-refractivity contribution in [1.29, 1.82) is 0 Å². The molecule has 1 atom stereocenters. The molecule has 0 saturated carbocycles. The second-order valence-electron chi connectivity index (χ2n) is 3.88. The Morgan fingerprint density at radius 3 is 2.94 bits per heavy atom. The standard InChI is InChI=1S/C12H16N4/c1-9-11(8-15-16-9)7-14-10(2)12-5-3-4-6-13-12/h3-6,8,10,14H,7H2,1-2H3,(H,15,16)/t10-/m1/s1. The minimum absolute atomic E-state index is 0.246. The summed E-state index contributed by atoms with van der Waals surface area (Å²) >= 11 is 0. The molecule has 0 saturated heterocycles. The average molecular weight is 216 g/mol. The number of pyridine rings is 1. The Bertz CT molecular complexity index is 435. The fourth-order valence-corrected chi connectivity index (χ4v) is 1.55. The maximum Gasteiger partial charge on any atom is 0.0570 e. The van der Waals surface area contributed by atoms with E-state index in [0.29, 0.717) is 0 Å². The van der Waals surface area contributed by atoms with Gasteiger partial charge in [-0.05, 0) is 26.0 Å². The number of aryl methyl sites for hydroxylation is 1. The minimum atomic E-state index is 0.246. The maximum absolute atomic E-state index is 4.32. The molecule has 0 bridgehead atoms. The van der Waals surface area contributed by atoms with Gasteiger partial charge in [0.2, 0.25) is 0 Å². The first-order valence-electron chi connectivity index (χ1n) is 5.40. The third-order valence-corrected chi connectivity index (χ3v) is 2.66. The van der Waals surface area contributed by atoms with Crippen LogP contribution in [0.25, 0.3) is 0 Å². The lowest BCUT2D eigenvalue weighted by Gasteiger charge is -2.12. The van der Waals surface area contributed by atoms with Crippen LogP contribution in [0.1, 0.15) is 29.9 Å². The predicted molar refractivity (Wildman–Crippen MR) is 62.8 cm³/mol. The van der Waals surface area contributed by atoms with Gasteiger partial charge in [0.1, 0.15) is 0 Å². The number of H-pyrrole nitrogens is 1. The number of nitrogens with zero attached hydrogens (tertiary/aromatic N) is 2. The fraction of sp³-hybridized carbons (Fsp3) is 0.333. The third-order valence-electron chi connectivity index (χ3n) is 2.66. The van der Waals surface area contributed by atoms with E-state index in [0.717, 1.165) is 17.9 Å². The summed E-state index contributed by atoms with van der Waals surface area (Å²) < 4.78 is 0. The van der Waals surface area contributed by atoms with E-state index in [1.807, 2.05) is 37.5 Å². The summed E-state index contributed by atoms with van der Waals surface area (Å²) in [5, 5.41) is 10.3. The van der Waals surface area contributed by atoms with Gasteiger partial charge in [-0.25, -0.2) is 0 Å². The summed E-state index contributed by atoms with van der Waals surface area (Å²) in [6, 6.07) is 6.20. The quantitative estimate of drug-likeness (QED) is 0.821. The summed E-state index contributed by atoms with van der Waals surface area (Å²) in [4.78, 5) is 4.32. The molecular weight excluding hydrogens is 200 g/mol. The zero-order valence-corrected chi connectivity index (χ0v) is 9.57. The topological polar surface area (TPSA) is 53.6 Å². The van der Waals surface area contributed by atoms with Crippen molar-refractivity contribution >= 4 is 0 Å². The highest BCUT2D eigenvalue weighted by molar-refractivity contribution is 5.15. The maximum atomic E-state index is 4.32. The van der Waals surface area contributed by atoms with Gasteiger partial charge in [0.25, 0.3) is 0 Å². The summed E-state index contributed by atoms with van der Waals surface area (Å²) in [7, 11) is 0. The van der Waals surface area contributed by atoms with Gasteiger partial charge in [-0.15, -0.1) is 0 Å². The van der Waals surface area contributed by atoms with E-state index in [-0.39, 0.29) is 6.04 Å². The molecule has 0 radical (unpaired) electrons. The van der Waals surface area contributed by atoms with Crippen molar-refractivity contribution < 1.29 is 0 Å². The Kier molecular flexibility index (Phi) is 3.31. The molecule has 2 N–H and O–H groups in total. The van der Waals surface area contributed by atoms with Crippen molar-refractivity contribution in [2.45, 2.75) is 26.4 Å². The van der Waals surface area contributed by atoms with E-state index in [4.69, 9.17) is 0 Å². The Hall–Kier alpha value is -1.68. The van der Waals surface area contributed by atoms with Gasteiger partial charge in [0.05, 0.1) is 11.9 Å². The molecule has 0 aliphatic heterocycles. The zero-order chi connectivity index (χ0) is 11.4. The van der Waals surface area contributed by atoms with Gasteiger partial charge in [-0.3, -0.25) is 10.1 Å². The van der Waals surface area contributed by atoms with E-state index in [1.54, 1.807) is 0 Å². The van der Waals surface area contributed by atoms with Crippen LogP contribution < -0.4 is 5.32 Å². The highest BCUT2D eigenvalue weighted by Gasteiger charge is 2.06. The molecule has 0 amide bonds. The molecule has 4 heteroatoms. The van der Waals surface area contributed by atoms with Gasteiger partial charge in [-0.1, -0.05) is 6.07 Å². The van der Waals surface area contributed by atoms with Crippen LogP contribution in [0.4, 0.5) is 0 Å². The molecule has 0 aliphatic rings. The van der Waals surface area contributed by atoms with Crippen LogP contribution >= 0.6 is 0 Å². The first-order valence-corrected chi connectivity index (χ1v) is 5.40. The van der Waals surface area contributed by atoms with Crippen LogP contribution in [0.15, 0.2) is 30.6 Å². The Morgan fingerprint density at radius 1 is 1.44 bits per heavy atom. The molecule has 0 fully saturated rings. The molecule has 2 aromatic rings. The Morgan fingerprint density at radius 2 is 2.31 bits per heavy atom. The molecule has 0 spiro atoms. The van der Waals surface area contributed by atoms with Crippen molar-refractivity contribution in [2.24, 2.45) is 0 Å². The van der Waals surface area contributed by atoms with Gasteiger partial charge < -0.3 is 5.32 Å². The minimum Gasteiger partial charge on any atom is -0.305 e. The van der Waals surface area contributed by atoms with Gasteiger partial charge in [0.15, 0.2) is 0 Å². The highest BCUT2D eigenvalue weighted by Crippen LogP contribution is 2.10. The molecular formula is C12H16N4. The van der Waals surface area contributed by atoms with Gasteiger partial charge in [0, 0.05) is 30.0 Å². The third kappa shape index (κ3) is 2.46. The largest absolute Gasteiger partial charge is 0.305 e. The molecule has 4 nitrogen and oxygen atoms in total. The molecule has 2 heterocycles. The lowest BCUT2D eigenvalue weighted by atomic mass is 10.2. The van der Waals surface area contributed by atoms with Crippen LogP contribution in [0.5, 0.6) is 0 Å². The van der Waals surface area contributed by atoms with Crippen molar-refractivity contribution in [3.63, 3.8) is 0 Å². The van der Waals surface area contributed by atoms with Crippen molar-refractivity contribution in [3.05, 3.63) is 47.5 Å². The molecule has 84 valence electrons. The summed E-state index contributed by atoms with van der Waals surface area (Å²) in [5.74, 6) is 0. The summed E-state index contributed by atoms with van der Waals surface area (Å²) in [6.45, 7) is 4.94. The van der Waals surface area contributed by atoms with Crippen LogP contribution in [-0.4, -0.2) is 15.2 Å². The number of nitrogens with one attached hydrogen (secondary N) is 2. The molecule has 16 heavy (non-hydrogen) atoms. The Labute approximate surface area is 95.1 Å². The van der Waals surface area contributed by atoms with E-state index in [1.165, 1.54) is 5.56 Å². The van der Waals surface area contributed by atoms with E-state index in [9.17, 15) is 0 Å². The molecule has 0 unspecified atom stereocenters. The fourth-order valence-electron chi connectivity index (χ4n) is 1.55. The SMILES string of the molecule is Cc1[nH]ncc1CN[C@H](C)c1ccccn1. The lowest BCUT2D eigenvalue weighted by molar-refractivity contribution is 0.560. The van der Waals surface area contributed by atoms with Crippen molar-refractivity contribution in [1.82, 2.24) is 20.5 Å². The highest BCUT2D eigenvalue weighted by atomic mass is 15.1. The predicted octanol–water partition coefficient (Wildman–Crippen LogP) is 1.96. The van der Waals surface area contributed by atoms with E-state index >= 15 is 0 Å². The smallest absolute Gasteiger partial charge is 0.0570 e. The average Bonchev–Trinajstić information content (AvgIpc) is 2.73. The Balaban J connectivity index is 1.94. The van der Waals surface area contributed by atoms with Crippen LogP contribution in [-0.2, 0) is 6.54 Å². The second-order valence-corrected chi connectivity index (χ2v) is 3.88. The summed E-state index contributed by atoms with van der Waals surface area (Å²) in [5.41, 5.74) is 3.37. The van der Waals surface area contributed by atoms with Gasteiger partial charge in [-0.2, -0.15) is 5.10 Å². The molecule has 0 aromatic carbocycles. The van der Waals surface area contributed by atoms with Crippen molar-refractivity contribution in [2.75, 3.05) is 0 Å².